The van der Waals surface area contributed by atoms with E-state index in [1.807, 2.05) is 0 Å². The van der Waals surface area contributed by atoms with E-state index in [2.05, 4.69) is 132 Å². The molecule has 0 aliphatic heterocycles. The number of rotatable bonds is 8. The molecule has 0 heteroatoms. The van der Waals surface area contributed by atoms with Crippen LogP contribution in [0.3, 0.4) is 0 Å². The molecule has 0 saturated heterocycles. The van der Waals surface area contributed by atoms with Crippen LogP contribution in [0, 0.1) is 23.7 Å². The summed E-state index contributed by atoms with van der Waals surface area (Å²) < 4.78 is 0. The second-order valence-electron chi connectivity index (χ2n) is 7.65. The molecule has 0 N–H and O–H groups in total. The van der Waals surface area contributed by atoms with E-state index in [1.54, 1.807) is 0 Å². The highest BCUT2D eigenvalue weighted by atomic mass is 13.9. The van der Waals surface area contributed by atoms with Crippen molar-refractivity contribution in [1.82, 2.24) is 0 Å². The van der Waals surface area contributed by atoms with Gasteiger partial charge in [-0.15, -0.1) is 0 Å². The lowest BCUT2D eigenvalue weighted by molar-refractivity contribution is 0.697. The predicted molar refractivity (Wildman–Crippen MR) is 137 cm³/mol. The SMILES string of the molecule is CC=CC(C)CC.CC=CC(C)CC.CC=CC(C)CC.CC=CC(C)CC. The zero-order valence-corrected chi connectivity index (χ0v) is 21.8. The summed E-state index contributed by atoms with van der Waals surface area (Å²) in [7, 11) is 0. The van der Waals surface area contributed by atoms with Crippen LogP contribution in [0.2, 0.25) is 0 Å². The van der Waals surface area contributed by atoms with Crippen LogP contribution in [0.25, 0.3) is 0 Å². The van der Waals surface area contributed by atoms with Gasteiger partial charge in [-0.1, -0.05) is 130 Å². The molecule has 0 bridgehead atoms. The van der Waals surface area contributed by atoms with Crippen molar-refractivity contribution in [1.29, 1.82) is 0 Å². The summed E-state index contributed by atoms with van der Waals surface area (Å²) in [5.74, 6) is 3.07. The van der Waals surface area contributed by atoms with Gasteiger partial charge in [0.05, 0.1) is 0 Å². The van der Waals surface area contributed by atoms with Crippen LogP contribution in [0.5, 0.6) is 0 Å². The summed E-state index contributed by atoms with van der Waals surface area (Å²) in [6.45, 7) is 25.9. The lowest BCUT2D eigenvalue weighted by Crippen LogP contribution is -1.81. The number of hydrogen-bond donors (Lipinski definition) is 0. The molecule has 28 heavy (non-hydrogen) atoms. The molecule has 0 aliphatic carbocycles. The Labute approximate surface area is 181 Å². The predicted octanol–water partition coefficient (Wildman–Crippen LogP) is 10.4. The maximum absolute atomic E-state index is 2.22. The lowest BCUT2D eigenvalue weighted by Gasteiger charge is -1.95. The van der Waals surface area contributed by atoms with Crippen LogP contribution >= 0.6 is 0 Å². The molecule has 0 fully saturated rings. The van der Waals surface area contributed by atoms with E-state index in [9.17, 15) is 0 Å². The van der Waals surface area contributed by atoms with Crippen LogP contribution in [0.4, 0.5) is 0 Å². The van der Waals surface area contributed by atoms with Gasteiger partial charge < -0.3 is 0 Å². The van der Waals surface area contributed by atoms with E-state index in [0.29, 0.717) is 0 Å². The van der Waals surface area contributed by atoms with Gasteiger partial charge in [-0.05, 0) is 51.4 Å². The normalized spacial score (nSPS) is 15.3. The van der Waals surface area contributed by atoms with Crippen LogP contribution in [0.15, 0.2) is 48.6 Å². The second-order valence-corrected chi connectivity index (χ2v) is 7.65. The molecule has 4 atom stereocenters. The van der Waals surface area contributed by atoms with Crippen LogP contribution in [-0.4, -0.2) is 0 Å². The van der Waals surface area contributed by atoms with Gasteiger partial charge in [0.25, 0.3) is 0 Å². The first-order valence-electron chi connectivity index (χ1n) is 11.7. The molecule has 4 unspecified atom stereocenters. The molecular formula is C28H56. The second kappa shape index (κ2) is 30.7. The third-order valence-electron chi connectivity index (χ3n) is 4.66. The van der Waals surface area contributed by atoms with Crippen molar-refractivity contribution >= 4 is 0 Å². The summed E-state index contributed by atoms with van der Waals surface area (Å²) in [4.78, 5) is 0. The minimum absolute atomic E-state index is 0.769. The van der Waals surface area contributed by atoms with Crippen molar-refractivity contribution in [2.45, 2.75) is 109 Å². The van der Waals surface area contributed by atoms with E-state index < -0.39 is 0 Å². The molecule has 0 saturated carbocycles. The Morgan fingerprint density at radius 1 is 0.393 bits per heavy atom. The Kier molecular flexibility index (Phi) is 37.8. The number of hydrogen-bond acceptors (Lipinski definition) is 0. The first-order chi connectivity index (χ1) is 13.2. The average Bonchev–Trinajstić information content (AvgIpc) is 2.70. The minimum atomic E-state index is 0.769. The van der Waals surface area contributed by atoms with Gasteiger partial charge in [0.1, 0.15) is 0 Å². The van der Waals surface area contributed by atoms with Gasteiger partial charge in [0, 0.05) is 0 Å². The Morgan fingerprint density at radius 3 is 0.571 bits per heavy atom. The summed E-state index contributed by atoms with van der Waals surface area (Å²) >= 11 is 0. The van der Waals surface area contributed by atoms with E-state index in [4.69, 9.17) is 0 Å². The molecule has 0 heterocycles. The van der Waals surface area contributed by atoms with Gasteiger partial charge in [-0.3, -0.25) is 0 Å². The fraction of sp³-hybridized carbons (Fsp3) is 0.714. The molecule has 0 rings (SSSR count). The van der Waals surface area contributed by atoms with Gasteiger partial charge in [-0.25, -0.2) is 0 Å². The third-order valence-corrected chi connectivity index (χ3v) is 4.66. The molecule has 0 aromatic carbocycles. The first-order valence-corrected chi connectivity index (χ1v) is 11.7. The van der Waals surface area contributed by atoms with Crippen molar-refractivity contribution in [3.05, 3.63) is 48.6 Å². The summed E-state index contributed by atoms with van der Waals surface area (Å²) in [6, 6.07) is 0. The van der Waals surface area contributed by atoms with Gasteiger partial charge >= 0.3 is 0 Å². The molecule has 0 radical (unpaired) electrons. The van der Waals surface area contributed by atoms with Crippen LogP contribution < -0.4 is 0 Å². The quantitative estimate of drug-likeness (QED) is 0.360. The zero-order chi connectivity index (χ0) is 22.8. The lowest BCUT2D eigenvalue weighted by atomic mass is 10.1. The van der Waals surface area contributed by atoms with E-state index in [-0.39, 0.29) is 0 Å². The summed E-state index contributed by atoms with van der Waals surface area (Å²) in [5, 5.41) is 0. The molecule has 0 nitrogen and oxygen atoms in total. The third kappa shape index (κ3) is 39.9. The average molecular weight is 393 g/mol. The monoisotopic (exact) mass is 392 g/mol. The Morgan fingerprint density at radius 2 is 0.536 bits per heavy atom. The minimum Gasteiger partial charge on any atom is -0.0914 e. The van der Waals surface area contributed by atoms with Gasteiger partial charge in [0.2, 0.25) is 0 Å². The topological polar surface area (TPSA) is 0 Å². The largest absolute Gasteiger partial charge is 0.0914 e. The highest BCUT2D eigenvalue weighted by Gasteiger charge is 1.87. The van der Waals surface area contributed by atoms with Crippen molar-refractivity contribution in [3.63, 3.8) is 0 Å². The molecular weight excluding hydrogens is 336 g/mol. The highest BCUT2D eigenvalue weighted by Crippen LogP contribution is 2.01. The van der Waals surface area contributed by atoms with E-state index in [0.717, 1.165) is 23.7 Å². The standard InChI is InChI=1S/4C7H14/c4*1-4-6-7(3)5-2/h4*4,6-7H,5H2,1-3H3. The molecule has 0 aromatic heterocycles. The maximum Gasteiger partial charge on any atom is -0.0265 e. The van der Waals surface area contributed by atoms with Crippen molar-refractivity contribution in [3.8, 4) is 0 Å². The molecule has 0 aromatic rings. The summed E-state index contributed by atoms with van der Waals surface area (Å²) in [5.41, 5.74) is 0. The van der Waals surface area contributed by atoms with Crippen molar-refractivity contribution in [2.24, 2.45) is 23.7 Å². The zero-order valence-electron chi connectivity index (χ0n) is 21.8. The van der Waals surface area contributed by atoms with Crippen molar-refractivity contribution < 1.29 is 0 Å². The van der Waals surface area contributed by atoms with Crippen LogP contribution in [0.1, 0.15) is 109 Å². The first kappa shape index (κ1) is 34.5. The number of allylic oxidation sites excluding steroid dienone is 8. The Hall–Kier alpha value is -1.04. The van der Waals surface area contributed by atoms with E-state index >= 15 is 0 Å². The fourth-order valence-electron chi connectivity index (χ4n) is 1.86. The highest BCUT2D eigenvalue weighted by molar-refractivity contribution is 4.83. The van der Waals surface area contributed by atoms with Crippen molar-refractivity contribution in [2.75, 3.05) is 0 Å². The maximum atomic E-state index is 2.22. The van der Waals surface area contributed by atoms with Gasteiger partial charge in [-0.2, -0.15) is 0 Å². The Balaban J connectivity index is -0.000000137. The molecule has 168 valence electrons. The molecule has 0 aliphatic rings. The molecule has 0 amide bonds. The van der Waals surface area contributed by atoms with E-state index in [1.165, 1.54) is 25.7 Å². The molecule has 0 spiro atoms. The fourth-order valence-corrected chi connectivity index (χ4v) is 1.86. The Bertz CT molecular complexity index is 284. The summed E-state index contributed by atoms with van der Waals surface area (Å²) in [6.07, 6.45) is 22.3. The smallest absolute Gasteiger partial charge is 0.0265 e. The van der Waals surface area contributed by atoms with Crippen LogP contribution in [-0.2, 0) is 0 Å². The van der Waals surface area contributed by atoms with Gasteiger partial charge in [0.15, 0.2) is 0 Å².